The third-order valence-corrected chi connectivity index (χ3v) is 2.93. The summed E-state index contributed by atoms with van der Waals surface area (Å²) in [6.45, 7) is 4.31. The number of nitrogens with two attached hydrogens (primary N) is 1. The predicted octanol–water partition coefficient (Wildman–Crippen LogP) is 3.79. The van der Waals surface area contributed by atoms with Crippen LogP contribution in [0.4, 0.5) is 4.39 Å². The molecule has 0 amide bonds. The molecule has 3 heteroatoms. The highest BCUT2D eigenvalue weighted by Gasteiger charge is 2.08. The van der Waals surface area contributed by atoms with Crippen LogP contribution in [0.3, 0.4) is 0 Å². The zero-order valence-electron chi connectivity index (χ0n) is 9.84. The summed E-state index contributed by atoms with van der Waals surface area (Å²) in [5.41, 5.74) is 6.96. The summed E-state index contributed by atoms with van der Waals surface area (Å²) in [5, 5.41) is 0.497. The fourth-order valence-corrected chi connectivity index (χ4v) is 2.05. The van der Waals surface area contributed by atoms with Gasteiger partial charge >= 0.3 is 0 Å². The largest absolute Gasteiger partial charge is 0.328 e. The second kappa shape index (κ2) is 6.21. The first-order valence-electron chi connectivity index (χ1n) is 5.68. The zero-order valence-corrected chi connectivity index (χ0v) is 10.6. The summed E-state index contributed by atoms with van der Waals surface area (Å²) >= 11 is 5.94. The first kappa shape index (κ1) is 13.5. The highest BCUT2D eigenvalue weighted by molar-refractivity contribution is 6.31. The molecular weight excluding hydrogens is 225 g/mol. The Balaban J connectivity index is 2.48. The Bertz CT molecular complexity index is 339. The van der Waals surface area contributed by atoms with Crippen LogP contribution in [0.25, 0.3) is 0 Å². The molecule has 0 aliphatic heterocycles. The Morgan fingerprint density at radius 2 is 2.06 bits per heavy atom. The van der Waals surface area contributed by atoms with E-state index in [1.54, 1.807) is 6.07 Å². The predicted molar refractivity (Wildman–Crippen MR) is 67.2 cm³/mol. The number of hydrogen-bond donors (Lipinski definition) is 1. The van der Waals surface area contributed by atoms with Gasteiger partial charge in [-0.25, -0.2) is 4.39 Å². The van der Waals surface area contributed by atoms with E-state index >= 15 is 0 Å². The van der Waals surface area contributed by atoms with Gasteiger partial charge in [-0.05, 0) is 42.9 Å². The molecule has 0 aliphatic carbocycles. The van der Waals surface area contributed by atoms with Crippen LogP contribution in [0.5, 0.6) is 0 Å². The topological polar surface area (TPSA) is 26.0 Å². The van der Waals surface area contributed by atoms with E-state index in [0.717, 1.165) is 24.8 Å². The summed E-state index contributed by atoms with van der Waals surface area (Å²) in [7, 11) is 0. The Kier molecular flexibility index (Phi) is 5.23. The molecule has 1 aromatic carbocycles. The zero-order chi connectivity index (χ0) is 12.1. The van der Waals surface area contributed by atoms with Crippen molar-refractivity contribution in [2.24, 2.45) is 11.7 Å². The Morgan fingerprint density at radius 3 is 2.62 bits per heavy atom. The second-order valence-corrected chi connectivity index (χ2v) is 5.07. The van der Waals surface area contributed by atoms with E-state index < -0.39 is 0 Å². The summed E-state index contributed by atoms with van der Waals surface area (Å²) < 4.78 is 12.8. The van der Waals surface area contributed by atoms with E-state index in [0.29, 0.717) is 10.9 Å². The second-order valence-electron chi connectivity index (χ2n) is 4.66. The third kappa shape index (κ3) is 4.50. The van der Waals surface area contributed by atoms with E-state index in [-0.39, 0.29) is 11.9 Å². The lowest BCUT2D eigenvalue weighted by Crippen LogP contribution is -2.22. The van der Waals surface area contributed by atoms with E-state index in [1.165, 1.54) is 12.1 Å². The monoisotopic (exact) mass is 243 g/mol. The molecule has 90 valence electrons. The van der Waals surface area contributed by atoms with Crippen molar-refractivity contribution < 1.29 is 4.39 Å². The number of halogens is 2. The van der Waals surface area contributed by atoms with Gasteiger partial charge < -0.3 is 5.73 Å². The molecule has 0 aromatic heterocycles. The van der Waals surface area contributed by atoms with Crippen molar-refractivity contribution >= 4 is 11.6 Å². The Morgan fingerprint density at radius 1 is 1.38 bits per heavy atom. The Labute approximate surface area is 102 Å². The molecule has 1 nitrogen and oxygen atoms in total. The highest BCUT2D eigenvalue weighted by atomic mass is 35.5. The lowest BCUT2D eigenvalue weighted by atomic mass is 9.98. The minimum atomic E-state index is -0.291. The smallest absolute Gasteiger partial charge is 0.124 e. The molecule has 0 spiro atoms. The van der Waals surface area contributed by atoms with Gasteiger partial charge in [-0.2, -0.15) is 0 Å². The van der Waals surface area contributed by atoms with Crippen LogP contribution >= 0.6 is 11.6 Å². The Hall–Kier alpha value is -0.600. The molecule has 1 aromatic rings. The van der Waals surface area contributed by atoms with Crippen LogP contribution in [0, 0.1) is 11.7 Å². The number of benzene rings is 1. The first-order valence-corrected chi connectivity index (χ1v) is 6.06. The minimum Gasteiger partial charge on any atom is -0.328 e. The van der Waals surface area contributed by atoms with E-state index in [9.17, 15) is 4.39 Å². The van der Waals surface area contributed by atoms with Gasteiger partial charge in [0.25, 0.3) is 0 Å². The third-order valence-electron chi connectivity index (χ3n) is 2.57. The molecule has 0 saturated carbocycles. The van der Waals surface area contributed by atoms with Crippen LogP contribution in [0.15, 0.2) is 18.2 Å². The van der Waals surface area contributed by atoms with Gasteiger partial charge in [-0.1, -0.05) is 31.5 Å². The van der Waals surface area contributed by atoms with Crippen molar-refractivity contribution in [2.45, 2.75) is 39.2 Å². The van der Waals surface area contributed by atoms with Gasteiger partial charge in [-0.3, -0.25) is 0 Å². The summed E-state index contributed by atoms with van der Waals surface area (Å²) in [6.07, 6.45) is 2.72. The summed E-state index contributed by atoms with van der Waals surface area (Å²) in [5.74, 6) is 0.318. The lowest BCUT2D eigenvalue weighted by molar-refractivity contribution is 0.473. The normalized spacial score (nSPS) is 13.1. The molecule has 0 saturated heterocycles. The van der Waals surface area contributed by atoms with Gasteiger partial charge in [0.15, 0.2) is 0 Å². The molecule has 0 radical (unpaired) electrons. The van der Waals surface area contributed by atoms with Gasteiger partial charge in [-0.15, -0.1) is 0 Å². The van der Waals surface area contributed by atoms with E-state index in [4.69, 9.17) is 17.3 Å². The first-order chi connectivity index (χ1) is 7.49. The average molecular weight is 244 g/mol. The number of hydrogen-bond acceptors (Lipinski definition) is 1. The van der Waals surface area contributed by atoms with Crippen LogP contribution in [-0.4, -0.2) is 6.04 Å². The fourth-order valence-electron chi connectivity index (χ4n) is 1.79. The minimum absolute atomic E-state index is 0.195. The maximum absolute atomic E-state index is 12.8. The van der Waals surface area contributed by atoms with Crippen molar-refractivity contribution in [1.29, 1.82) is 0 Å². The fraction of sp³-hybridized carbons (Fsp3) is 0.538. The number of rotatable bonds is 5. The lowest BCUT2D eigenvalue weighted by Gasteiger charge is -2.14. The summed E-state index contributed by atoms with van der Waals surface area (Å²) in [4.78, 5) is 0. The van der Waals surface area contributed by atoms with Crippen molar-refractivity contribution in [1.82, 2.24) is 0 Å². The van der Waals surface area contributed by atoms with Crippen LogP contribution in [-0.2, 0) is 6.42 Å². The quantitative estimate of drug-likeness (QED) is 0.837. The van der Waals surface area contributed by atoms with Gasteiger partial charge in [0.2, 0.25) is 0 Å². The van der Waals surface area contributed by atoms with Gasteiger partial charge in [0.05, 0.1) is 0 Å². The molecule has 1 atom stereocenters. The van der Waals surface area contributed by atoms with E-state index in [1.807, 2.05) is 0 Å². The SMILES string of the molecule is CC(C)CC(N)CCc1ccc(F)cc1Cl. The highest BCUT2D eigenvalue weighted by Crippen LogP contribution is 2.19. The standard InChI is InChI=1S/C13H19ClFN/c1-9(2)7-12(16)6-4-10-3-5-11(15)8-13(10)14/h3,5,8-9,12H,4,6-7,16H2,1-2H3. The molecule has 0 aliphatic rings. The van der Waals surface area contributed by atoms with E-state index in [2.05, 4.69) is 13.8 Å². The molecule has 0 bridgehead atoms. The van der Waals surface area contributed by atoms with Crippen molar-refractivity contribution in [2.75, 3.05) is 0 Å². The van der Waals surface area contributed by atoms with Gasteiger partial charge in [0, 0.05) is 11.1 Å². The molecule has 1 unspecified atom stereocenters. The van der Waals surface area contributed by atoms with Crippen LogP contribution in [0.1, 0.15) is 32.3 Å². The summed E-state index contributed by atoms with van der Waals surface area (Å²) in [6, 6.07) is 4.72. The average Bonchev–Trinajstić information content (AvgIpc) is 2.15. The molecule has 0 heterocycles. The maximum Gasteiger partial charge on any atom is 0.124 e. The van der Waals surface area contributed by atoms with Crippen molar-refractivity contribution in [3.05, 3.63) is 34.6 Å². The molecule has 0 fully saturated rings. The molecule has 2 N–H and O–H groups in total. The molecule has 1 rings (SSSR count). The maximum atomic E-state index is 12.8. The van der Waals surface area contributed by atoms with Gasteiger partial charge in [0.1, 0.15) is 5.82 Å². The molecule has 16 heavy (non-hydrogen) atoms. The molecular formula is C13H19ClFN. The van der Waals surface area contributed by atoms with Crippen molar-refractivity contribution in [3.63, 3.8) is 0 Å². The van der Waals surface area contributed by atoms with Crippen molar-refractivity contribution in [3.8, 4) is 0 Å². The van der Waals surface area contributed by atoms with Crippen LogP contribution < -0.4 is 5.73 Å². The number of aryl methyl sites for hydroxylation is 1. The van der Waals surface area contributed by atoms with Crippen LogP contribution in [0.2, 0.25) is 5.02 Å².